The molecule has 1 saturated carbocycles. The van der Waals surface area contributed by atoms with Gasteiger partial charge < -0.3 is 15.6 Å². The summed E-state index contributed by atoms with van der Waals surface area (Å²) in [6, 6.07) is 3.58. The first kappa shape index (κ1) is 15.8. The lowest BCUT2D eigenvalue weighted by Crippen LogP contribution is -2.52. The fourth-order valence-corrected chi connectivity index (χ4v) is 3.81. The molecule has 1 fully saturated rings. The monoisotopic (exact) mass is 338 g/mol. The second-order valence-corrected chi connectivity index (χ2v) is 6.66. The van der Waals surface area contributed by atoms with E-state index in [1.54, 1.807) is 35.3 Å². The zero-order chi connectivity index (χ0) is 17.4. The molecule has 1 aliphatic carbocycles. The third-order valence-electron chi connectivity index (χ3n) is 5.06. The number of hydrogen-bond acceptors (Lipinski definition) is 5. The minimum atomic E-state index is -0.182. The van der Waals surface area contributed by atoms with Crippen LogP contribution in [0.5, 0.6) is 0 Å². The molecular weight excluding hydrogens is 316 g/mol. The van der Waals surface area contributed by atoms with Crippen molar-refractivity contribution in [3.63, 3.8) is 0 Å². The van der Waals surface area contributed by atoms with E-state index in [2.05, 4.69) is 15.2 Å². The molecule has 0 saturated heterocycles. The summed E-state index contributed by atoms with van der Waals surface area (Å²) in [4.78, 5) is 23.9. The fraction of sp³-hybridized carbons (Fsp3) is 0.444. The van der Waals surface area contributed by atoms with Crippen LogP contribution in [0, 0.1) is 5.41 Å². The summed E-state index contributed by atoms with van der Waals surface area (Å²) in [6.45, 7) is 2.04. The lowest BCUT2D eigenvalue weighted by atomic mass is 10.0. The Balaban J connectivity index is 1.80. The molecule has 0 unspecified atom stereocenters. The van der Waals surface area contributed by atoms with E-state index in [4.69, 9.17) is 10.4 Å². The Hall–Kier alpha value is -2.70. The van der Waals surface area contributed by atoms with Gasteiger partial charge in [0.1, 0.15) is 11.7 Å². The quantitative estimate of drug-likeness (QED) is 0.898. The highest BCUT2D eigenvalue weighted by atomic mass is 16.2. The van der Waals surface area contributed by atoms with Gasteiger partial charge >= 0.3 is 0 Å². The Morgan fingerprint density at radius 3 is 2.68 bits per heavy atom. The molecule has 3 heterocycles. The maximum Gasteiger partial charge on any atom is 0.247 e. The second kappa shape index (κ2) is 6.31. The van der Waals surface area contributed by atoms with Crippen molar-refractivity contribution in [1.82, 2.24) is 14.5 Å². The Kier molecular flexibility index (Phi) is 3.99. The topological polar surface area (TPSA) is 86.9 Å². The van der Waals surface area contributed by atoms with Gasteiger partial charge in [-0.3, -0.25) is 9.36 Å². The molecule has 0 spiro atoms. The standard InChI is InChI=1S/C18H22N6O/c1-2-15-17(25)21-14-11-20-18(23-9-7-12(19)8-10-23)22-16(14)24(15)13-5-3-4-6-13/h7-11,13,15,19H,2-6H2,1H3,(H,21,25)/t15-/m1/s1. The molecule has 25 heavy (non-hydrogen) atoms. The normalized spacial score (nSPS) is 20.4. The van der Waals surface area contributed by atoms with Crippen molar-refractivity contribution in [2.45, 2.75) is 51.1 Å². The number of aromatic nitrogens is 3. The molecular formula is C18H22N6O. The third-order valence-corrected chi connectivity index (χ3v) is 5.06. The molecule has 1 atom stereocenters. The molecule has 2 aromatic rings. The van der Waals surface area contributed by atoms with Crippen LogP contribution >= 0.6 is 0 Å². The van der Waals surface area contributed by atoms with Crippen LogP contribution in [0.1, 0.15) is 39.0 Å². The summed E-state index contributed by atoms with van der Waals surface area (Å²) in [7, 11) is 0. The van der Waals surface area contributed by atoms with Gasteiger partial charge in [0.25, 0.3) is 0 Å². The van der Waals surface area contributed by atoms with Crippen molar-refractivity contribution in [2.24, 2.45) is 0 Å². The van der Waals surface area contributed by atoms with E-state index >= 15 is 0 Å². The van der Waals surface area contributed by atoms with Gasteiger partial charge in [-0.05, 0) is 31.4 Å². The summed E-state index contributed by atoms with van der Waals surface area (Å²) in [6.07, 6.45) is 10.6. The highest BCUT2D eigenvalue weighted by Gasteiger charge is 2.38. The van der Waals surface area contributed by atoms with E-state index in [1.165, 1.54) is 12.8 Å². The van der Waals surface area contributed by atoms with Crippen molar-refractivity contribution in [1.29, 1.82) is 5.41 Å². The number of nitrogens with zero attached hydrogens (tertiary/aromatic N) is 4. The number of amides is 1. The van der Waals surface area contributed by atoms with Crippen molar-refractivity contribution < 1.29 is 4.79 Å². The molecule has 7 heteroatoms. The van der Waals surface area contributed by atoms with Crippen molar-refractivity contribution in [3.05, 3.63) is 36.1 Å². The van der Waals surface area contributed by atoms with Crippen LogP contribution in [-0.2, 0) is 4.79 Å². The van der Waals surface area contributed by atoms with Crippen LogP contribution in [0.15, 0.2) is 30.7 Å². The van der Waals surface area contributed by atoms with Gasteiger partial charge in [-0.15, -0.1) is 0 Å². The van der Waals surface area contributed by atoms with Gasteiger partial charge in [-0.2, -0.15) is 4.98 Å². The highest BCUT2D eigenvalue weighted by Crippen LogP contribution is 2.37. The van der Waals surface area contributed by atoms with E-state index < -0.39 is 0 Å². The van der Waals surface area contributed by atoms with E-state index in [1.807, 2.05) is 6.92 Å². The molecule has 7 nitrogen and oxygen atoms in total. The Labute approximate surface area is 146 Å². The van der Waals surface area contributed by atoms with E-state index in [-0.39, 0.29) is 11.9 Å². The number of carbonyl (C=O) groups excluding carboxylic acids is 1. The van der Waals surface area contributed by atoms with Crippen molar-refractivity contribution >= 4 is 17.4 Å². The summed E-state index contributed by atoms with van der Waals surface area (Å²) in [5, 5.41) is 11.0. The minimum Gasteiger partial charge on any atom is -0.340 e. The predicted octanol–water partition coefficient (Wildman–Crippen LogP) is 2.23. The molecule has 1 aliphatic heterocycles. The number of anilines is 2. The molecule has 130 valence electrons. The van der Waals surface area contributed by atoms with Gasteiger partial charge in [0.2, 0.25) is 11.9 Å². The van der Waals surface area contributed by atoms with E-state index in [0.29, 0.717) is 23.0 Å². The average molecular weight is 338 g/mol. The number of rotatable bonds is 3. The zero-order valence-electron chi connectivity index (χ0n) is 14.3. The van der Waals surface area contributed by atoms with Gasteiger partial charge in [-0.25, -0.2) is 4.98 Å². The number of carbonyl (C=O) groups is 1. The SMILES string of the molecule is CC[C@@H]1C(=O)Nc2cnc(-n3ccc(=N)cc3)nc2N1C1CCCC1. The lowest BCUT2D eigenvalue weighted by Gasteiger charge is -2.40. The summed E-state index contributed by atoms with van der Waals surface area (Å²) in [5.74, 6) is 1.39. The number of nitrogens with one attached hydrogen (secondary N) is 2. The first-order valence-electron chi connectivity index (χ1n) is 8.87. The molecule has 0 radical (unpaired) electrons. The Morgan fingerprint density at radius 1 is 1.28 bits per heavy atom. The second-order valence-electron chi connectivity index (χ2n) is 6.66. The smallest absolute Gasteiger partial charge is 0.247 e. The summed E-state index contributed by atoms with van der Waals surface area (Å²) in [5.41, 5.74) is 0.683. The van der Waals surface area contributed by atoms with Crippen LogP contribution in [-0.4, -0.2) is 32.5 Å². The van der Waals surface area contributed by atoms with E-state index in [9.17, 15) is 4.79 Å². The third kappa shape index (κ3) is 2.79. The summed E-state index contributed by atoms with van der Waals surface area (Å²) < 4.78 is 1.79. The average Bonchev–Trinajstić information content (AvgIpc) is 3.15. The first-order chi connectivity index (χ1) is 12.2. The number of fused-ring (bicyclic) bond motifs is 1. The Morgan fingerprint density at radius 2 is 2.00 bits per heavy atom. The van der Waals surface area contributed by atoms with Gasteiger partial charge in [0, 0.05) is 18.4 Å². The molecule has 2 aromatic heterocycles. The minimum absolute atomic E-state index is 0.0319. The van der Waals surface area contributed by atoms with Crippen LogP contribution in [0.25, 0.3) is 5.95 Å². The molecule has 0 bridgehead atoms. The number of pyridine rings is 1. The predicted molar refractivity (Wildman–Crippen MR) is 94.7 cm³/mol. The maximum absolute atomic E-state index is 12.5. The molecule has 0 aromatic carbocycles. The Bertz CT molecular complexity index is 834. The highest BCUT2D eigenvalue weighted by molar-refractivity contribution is 6.02. The molecule has 4 rings (SSSR count). The largest absolute Gasteiger partial charge is 0.340 e. The first-order valence-corrected chi connectivity index (χ1v) is 8.87. The van der Waals surface area contributed by atoms with E-state index in [0.717, 1.165) is 25.1 Å². The molecule has 2 N–H and O–H groups in total. The summed E-state index contributed by atoms with van der Waals surface area (Å²) >= 11 is 0. The van der Waals surface area contributed by atoms with Gasteiger partial charge in [0.15, 0.2) is 5.82 Å². The van der Waals surface area contributed by atoms with Crippen LogP contribution < -0.4 is 15.6 Å². The van der Waals surface area contributed by atoms with Crippen molar-refractivity contribution in [3.8, 4) is 5.95 Å². The lowest BCUT2D eigenvalue weighted by molar-refractivity contribution is -0.117. The fourth-order valence-electron chi connectivity index (χ4n) is 3.81. The van der Waals surface area contributed by atoms with Gasteiger partial charge in [-0.1, -0.05) is 19.8 Å². The van der Waals surface area contributed by atoms with Gasteiger partial charge in [0.05, 0.1) is 11.6 Å². The van der Waals surface area contributed by atoms with Crippen LogP contribution in [0.4, 0.5) is 11.5 Å². The number of hydrogen-bond donors (Lipinski definition) is 2. The maximum atomic E-state index is 12.5. The molecule has 2 aliphatic rings. The van der Waals surface area contributed by atoms with Crippen LogP contribution in [0.3, 0.4) is 0 Å². The molecule has 1 amide bonds. The van der Waals surface area contributed by atoms with Crippen LogP contribution in [0.2, 0.25) is 0 Å². The van der Waals surface area contributed by atoms with Crippen molar-refractivity contribution in [2.75, 3.05) is 10.2 Å². The zero-order valence-corrected chi connectivity index (χ0v) is 14.3.